The van der Waals surface area contributed by atoms with E-state index in [4.69, 9.17) is 14.8 Å². The molecule has 0 radical (unpaired) electrons. The van der Waals surface area contributed by atoms with E-state index in [0.29, 0.717) is 20.6 Å². The summed E-state index contributed by atoms with van der Waals surface area (Å²) in [6.07, 6.45) is 5.51. The zero-order valence-electron chi connectivity index (χ0n) is 24.2. The molecule has 5 aromatic rings. The van der Waals surface area contributed by atoms with E-state index in [2.05, 4.69) is 0 Å². The van der Waals surface area contributed by atoms with E-state index >= 15 is 0 Å². The summed E-state index contributed by atoms with van der Waals surface area (Å²) in [5.74, 6) is -0.472. The molecule has 9 heteroatoms. The summed E-state index contributed by atoms with van der Waals surface area (Å²) in [6.45, 7) is 5.42. The Balaban J connectivity index is 1.55. The number of fused-ring (bicyclic) bond motifs is 1. The molecule has 0 N–H and O–H groups in total. The number of carbonyl (C=O) groups is 1. The minimum Gasteiger partial charge on any atom is -0.459 e. The van der Waals surface area contributed by atoms with Crippen LogP contribution < -0.4 is 14.9 Å². The third-order valence-corrected chi connectivity index (χ3v) is 8.84. The van der Waals surface area contributed by atoms with Crippen LogP contribution in [0.15, 0.2) is 117 Å². The van der Waals surface area contributed by atoms with Crippen LogP contribution in [-0.4, -0.2) is 32.7 Å². The minimum atomic E-state index is -0.666. The Morgan fingerprint density at radius 1 is 1.00 bits per heavy atom. The van der Waals surface area contributed by atoms with Gasteiger partial charge in [0.05, 0.1) is 39.3 Å². The lowest BCUT2D eigenvalue weighted by atomic mass is 9.96. The van der Waals surface area contributed by atoms with E-state index in [9.17, 15) is 9.59 Å². The number of ether oxygens (including phenoxy) is 1. The van der Waals surface area contributed by atoms with Gasteiger partial charge in [-0.05, 0) is 62.9 Å². The second kappa shape index (κ2) is 12.0. The van der Waals surface area contributed by atoms with Crippen LogP contribution in [0.4, 0.5) is 0 Å². The number of thioether (sulfide) groups is 1. The average Bonchev–Trinajstić information content (AvgIpc) is 3.57. The van der Waals surface area contributed by atoms with Gasteiger partial charge in [-0.3, -0.25) is 9.36 Å². The summed E-state index contributed by atoms with van der Waals surface area (Å²) in [6, 6.07) is 27.0. The molecule has 0 fully saturated rings. The highest BCUT2D eigenvalue weighted by Gasteiger charge is 2.33. The fourth-order valence-electron chi connectivity index (χ4n) is 5.13. The number of esters is 1. The van der Waals surface area contributed by atoms with Gasteiger partial charge in [-0.1, -0.05) is 72.0 Å². The predicted molar refractivity (Wildman–Crippen MR) is 172 cm³/mol. The first-order valence-corrected chi connectivity index (χ1v) is 16.0. The lowest BCUT2D eigenvalue weighted by molar-refractivity contribution is -0.143. The maximum Gasteiger partial charge on any atom is 0.338 e. The standard InChI is InChI=1S/C34H30N4O3S2/c1-21(2)41-33(40)29-22(3)35-34-38(31(29)24-15-17-27(42-4)18-16-24)32(39)28(43-34)19-25-20-37(26-13-9-6-10-14-26)36-30(25)23-11-7-5-8-12-23/h5-21,31H,1-4H3. The summed E-state index contributed by atoms with van der Waals surface area (Å²) in [4.78, 5) is 34.0. The molecule has 1 aliphatic rings. The van der Waals surface area contributed by atoms with Crippen LogP contribution in [0, 0.1) is 0 Å². The molecule has 1 atom stereocenters. The van der Waals surface area contributed by atoms with Crippen LogP contribution in [0.1, 0.15) is 37.9 Å². The van der Waals surface area contributed by atoms with Crippen LogP contribution in [0.3, 0.4) is 0 Å². The van der Waals surface area contributed by atoms with Crippen LogP contribution in [0.5, 0.6) is 0 Å². The number of thiazole rings is 1. The predicted octanol–water partition coefficient (Wildman–Crippen LogP) is 5.76. The Labute approximate surface area is 257 Å². The molecule has 0 saturated carbocycles. The molecule has 0 amide bonds. The molecule has 0 saturated heterocycles. The highest BCUT2D eigenvalue weighted by molar-refractivity contribution is 7.98. The SMILES string of the molecule is CSc1ccc(C2C(C(=O)OC(C)C)=C(C)N=c3sc(=Cc4cn(-c5ccccc5)nc4-c4ccccc4)c(=O)n32)cc1. The topological polar surface area (TPSA) is 78.5 Å². The van der Waals surface area contributed by atoms with E-state index in [0.717, 1.165) is 33.0 Å². The van der Waals surface area contributed by atoms with Crippen molar-refractivity contribution in [2.24, 2.45) is 4.99 Å². The van der Waals surface area contributed by atoms with Crippen LogP contribution in [0.25, 0.3) is 23.0 Å². The minimum absolute atomic E-state index is 0.225. The van der Waals surface area contributed by atoms with E-state index in [-0.39, 0.29) is 11.7 Å². The summed E-state index contributed by atoms with van der Waals surface area (Å²) in [7, 11) is 0. The number of hydrogen-bond donors (Lipinski definition) is 0. The number of aromatic nitrogens is 3. The fourth-order valence-corrected chi connectivity index (χ4v) is 6.58. The van der Waals surface area contributed by atoms with Gasteiger partial charge in [0.1, 0.15) is 0 Å². The highest BCUT2D eigenvalue weighted by atomic mass is 32.2. The van der Waals surface area contributed by atoms with Crippen molar-refractivity contribution >= 4 is 35.1 Å². The second-order valence-corrected chi connectivity index (χ2v) is 12.3. The molecule has 6 rings (SSSR count). The van der Waals surface area contributed by atoms with Gasteiger partial charge in [-0.2, -0.15) is 5.10 Å². The van der Waals surface area contributed by atoms with Gasteiger partial charge < -0.3 is 4.74 Å². The normalized spacial score (nSPS) is 15.0. The summed E-state index contributed by atoms with van der Waals surface area (Å²) < 4.78 is 9.58. The number of rotatable bonds is 7. The van der Waals surface area contributed by atoms with Crippen molar-refractivity contribution in [3.05, 3.63) is 133 Å². The molecule has 0 spiro atoms. The summed E-state index contributed by atoms with van der Waals surface area (Å²) >= 11 is 2.94. The van der Waals surface area contributed by atoms with Gasteiger partial charge >= 0.3 is 5.97 Å². The molecule has 7 nitrogen and oxygen atoms in total. The first kappa shape index (κ1) is 28.6. The first-order valence-electron chi connectivity index (χ1n) is 13.9. The monoisotopic (exact) mass is 606 g/mol. The molecular formula is C34H30N4O3S2. The lowest BCUT2D eigenvalue weighted by Gasteiger charge is -2.25. The van der Waals surface area contributed by atoms with Crippen LogP contribution in [0.2, 0.25) is 0 Å². The zero-order valence-corrected chi connectivity index (χ0v) is 25.9. The number of carbonyl (C=O) groups excluding carboxylic acids is 1. The molecule has 2 aromatic heterocycles. The van der Waals surface area contributed by atoms with Gasteiger partial charge in [0.15, 0.2) is 4.80 Å². The smallest absolute Gasteiger partial charge is 0.338 e. The van der Waals surface area contributed by atoms with Crippen molar-refractivity contribution in [3.8, 4) is 16.9 Å². The Bertz CT molecular complexity index is 2010. The van der Waals surface area contributed by atoms with E-state index < -0.39 is 12.0 Å². The van der Waals surface area contributed by atoms with Crippen molar-refractivity contribution in [1.29, 1.82) is 0 Å². The Hall–Kier alpha value is -4.47. The van der Waals surface area contributed by atoms with E-state index in [1.54, 1.807) is 23.3 Å². The number of benzene rings is 3. The maximum atomic E-state index is 14.2. The Kier molecular flexibility index (Phi) is 8.01. The van der Waals surface area contributed by atoms with Gasteiger partial charge in [-0.25, -0.2) is 14.5 Å². The van der Waals surface area contributed by atoms with Crippen LogP contribution in [-0.2, 0) is 9.53 Å². The largest absolute Gasteiger partial charge is 0.459 e. The van der Waals surface area contributed by atoms with Crippen molar-refractivity contribution in [2.45, 2.75) is 37.8 Å². The number of nitrogens with zero attached hydrogens (tertiary/aromatic N) is 4. The van der Waals surface area contributed by atoms with Crippen molar-refractivity contribution in [2.75, 3.05) is 6.26 Å². The third-order valence-electron chi connectivity index (χ3n) is 7.11. The molecule has 0 bridgehead atoms. The number of allylic oxidation sites excluding steroid dienone is 1. The van der Waals surface area contributed by atoms with Crippen molar-refractivity contribution in [1.82, 2.24) is 14.3 Å². The third kappa shape index (κ3) is 5.66. The number of para-hydroxylation sites is 1. The van der Waals surface area contributed by atoms with Crippen LogP contribution >= 0.6 is 23.1 Å². The lowest BCUT2D eigenvalue weighted by Crippen LogP contribution is -2.40. The summed E-state index contributed by atoms with van der Waals surface area (Å²) in [5, 5.41) is 4.90. The highest BCUT2D eigenvalue weighted by Crippen LogP contribution is 2.32. The van der Waals surface area contributed by atoms with Gasteiger partial charge in [0.25, 0.3) is 5.56 Å². The van der Waals surface area contributed by atoms with Gasteiger partial charge in [-0.15, -0.1) is 11.8 Å². The Morgan fingerprint density at radius 2 is 1.67 bits per heavy atom. The molecule has 1 aliphatic heterocycles. The summed E-state index contributed by atoms with van der Waals surface area (Å²) in [5.41, 5.74) is 4.92. The molecule has 3 aromatic carbocycles. The fraction of sp³-hybridized carbons (Fsp3) is 0.176. The van der Waals surface area contributed by atoms with E-state index in [1.807, 2.05) is 122 Å². The first-order chi connectivity index (χ1) is 20.8. The van der Waals surface area contributed by atoms with Crippen molar-refractivity contribution in [3.63, 3.8) is 0 Å². The Morgan fingerprint density at radius 3 is 2.33 bits per heavy atom. The average molecular weight is 607 g/mol. The van der Waals surface area contributed by atoms with E-state index in [1.165, 1.54) is 11.3 Å². The second-order valence-electron chi connectivity index (χ2n) is 10.4. The molecule has 0 aliphatic carbocycles. The van der Waals surface area contributed by atoms with Gasteiger partial charge in [0.2, 0.25) is 0 Å². The molecular weight excluding hydrogens is 577 g/mol. The quantitative estimate of drug-likeness (QED) is 0.174. The molecule has 216 valence electrons. The number of hydrogen-bond acceptors (Lipinski definition) is 7. The van der Waals surface area contributed by atoms with Gasteiger partial charge in [0, 0.05) is 22.2 Å². The molecule has 3 heterocycles. The molecule has 1 unspecified atom stereocenters. The van der Waals surface area contributed by atoms with Crippen molar-refractivity contribution < 1.29 is 9.53 Å². The zero-order chi connectivity index (χ0) is 30.1. The maximum absolute atomic E-state index is 14.2. The molecule has 43 heavy (non-hydrogen) atoms.